The number of nitrogens with two attached hydrogens (primary N) is 1. The molecular weight excluding hydrogens is 430 g/mol. The largest absolute Gasteiger partial charge is 0.481 e. The van der Waals surface area contributed by atoms with Gasteiger partial charge in [-0.1, -0.05) is 0 Å². The summed E-state index contributed by atoms with van der Waals surface area (Å²) in [6.45, 7) is -0.170. The van der Waals surface area contributed by atoms with E-state index in [4.69, 9.17) is 15.0 Å². The van der Waals surface area contributed by atoms with Gasteiger partial charge in [0.05, 0.1) is 33.9 Å². The number of phosphoric acid groups is 2. The van der Waals surface area contributed by atoms with E-state index in [1.807, 2.05) is 21.1 Å². The number of hydrogen-bond donors (Lipinski definition) is 3. The maximum absolute atomic E-state index is 11.9. The minimum Gasteiger partial charge on any atom is -0.383 e. The molecule has 1 saturated heterocycles. The van der Waals surface area contributed by atoms with Crippen molar-refractivity contribution < 1.29 is 41.5 Å². The fraction of sp³-hybridized carbons (Fsp3) is 0.714. The second-order valence-electron chi connectivity index (χ2n) is 7.49. The van der Waals surface area contributed by atoms with Crippen LogP contribution in [0.5, 0.6) is 0 Å². The van der Waals surface area contributed by atoms with Gasteiger partial charge in [0.1, 0.15) is 25.2 Å². The van der Waals surface area contributed by atoms with Crippen LogP contribution in [-0.2, 0) is 27.2 Å². The fourth-order valence-corrected chi connectivity index (χ4v) is 4.53. The van der Waals surface area contributed by atoms with Crippen LogP contribution in [0, 0.1) is 0 Å². The molecule has 4 N–H and O–H groups in total. The van der Waals surface area contributed by atoms with Gasteiger partial charge in [-0.2, -0.15) is 9.29 Å². The first-order valence-corrected chi connectivity index (χ1v) is 11.7. The van der Waals surface area contributed by atoms with E-state index in [2.05, 4.69) is 13.8 Å². The Morgan fingerprint density at radius 3 is 2.55 bits per heavy atom. The second kappa shape index (κ2) is 9.34. The van der Waals surface area contributed by atoms with E-state index in [0.717, 1.165) is 0 Å². The van der Waals surface area contributed by atoms with Crippen molar-refractivity contribution >= 4 is 21.5 Å². The standard InChI is InChI=1S/C14H26N4O9P2/c1-18(2,3)8-9-24-28(20,21)27-29(22,23)25-10-11-4-5-13(26-11)17-7-6-12(15)16-14(17)19/h6-7,11,13H,4-5,8-10H2,1-3H3,(H3-,15,16,19,20,21,22,23)/p+1/t11-,13+/m0/s1. The van der Waals surface area contributed by atoms with Crippen molar-refractivity contribution in [2.75, 3.05) is 46.6 Å². The normalized spacial score (nSPS) is 24.2. The number of rotatable bonds is 10. The third kappa shape index (κ3) is 8.25. The number of quaternary nitrogens is 1. The highest BCUT2D eigenvalue weighted by atomic mass is 31.3. The van der Waals surface area contributed by atoms with Crippen molar-refractivity contribution in [3.63, 3.8) is 0 Å². The first kappa shape index (κ1) is 24.1. The van der Waals surface area contributed by atoms with Gasteiger partial charge in [-0.25, -0.2) is 13.9 Å². The number of aromatic nitrogens is 2. The molecule has 0 spiro atoms. The highest BCUT2D eigenvalue weighted by Gasteiger charge is 2.37. The third-order valence-electron chi connectivity index (χ3n) is 3.89. The van der Waals surface area contributed by atoms with Crippen LogP contribution in [0.15, 0.2) is 17.1 Å². The Morgan fingerprint density at radius 2 is 1.93 bits per heavy atom. The molecular formula is C14H27N4O9P2+. The number of nitrogen functional groups attached to an aromatic ring is 1. The van der Waals surface area contributed by atoms with Gasteiger partial charge in [0.2, 0.25) is 0 Å². The topological polar surface area (TPSA) is 172 Å². The van der Waals surface area contributed by atoms with E-state index in [9.17, 15) is 23.7 Å². The van der Waals surface area contributed by atoms with Gasteiger partial charge in [0.25, 0.3) is 0 Å². The van der Waals surface area contributed by atoms with E-state index < -0.39 is 33.7 Å². The van der Waals surface area contributed by atoms with Gasteiger partial charge >= 0.3 is 21.3 Å². The molecule has 166 valence electrons. The Bertz CT molecular complexity index is 856. The van der Waals surface area contributed by atoms with E-state index >= 15 is 0 Å². The van der Waals surface area contributed by atoms with Crippen molar-refractivity contribution in [2.24, 2.45) is 0 Å². The summed E-state index contributed by atoms with van der Waals surface area (Å²) in [5, 5.41) is 0. The molecule has 29 heavy (non-hydrogen) atoms. The maximum atomic E-state index is 11.9. The predicted molar refractivity (Wildman–Crippen MR) is 102 cm³/mol. The summed E-state index contributed by atoms with van der Waals surface area (Å²) in [7, 11) is -4.13. The summed E-state index contributed by atoms with van der Waals surface area (Å²) in [6.07, 6.45) is 1.02. The molecule has 0 aromatic carbocycles. The van der Waals surface area contributed by atoms with Gasteiger partial charge in [0, 0.05) is 6.20 Å². The highest BCUT2D eigenvalue weighted by molar-refractivity contribution is 7.61. The maximum Gasteiger partial charge on any atom is 0.481 e. The lowest BCUT2D eigenvalue weighted by Gasteiger charge is -2.24. The Morgan fingerprint density at radius 1 is 1.28 bits per heavy atom. The third-order valence-corrected chi connectivity index (χ3v) is 6.53. The van der Waals surface area contributed by atoms with Gasteiger partial charge in [-0.3, -0.25) is 13.6 Å². The van der Waals surface area contributed by atoms with Crippen LogP contribution in [-0.4, -0.2) is 70.8 Å². The first-order valence-electron chi connectivity index (χ1n) is 8.73. The van der Waals surface area contributed by atoms with Crippen molar-refractivity contribution in [3.8, 4) is 0 Å². The average molecular weight is 457 g/mol. The molecule has 0 aliphatic carbocycles. The molecule has 0 saturated carbocycles. The predicted octanol–water partition coefficient (Wildman–Crippen LogP) is 0.460. The number of ether oxygens (including phenoxy) is 1. The Kier molecular flexibility index (Phi) is 7.77. The Hall–Kier alpha value is -1.14. The van der Waals surface area contributed by atoms with Crippen LogP contribution >= 0.6 is 15.6 Å². The molecule has 4 atom stereocenters. The monoisotopic (exact) mass is 457 g/mol. The quantitative estimate of drug-likeness (QED) is 0.329. The molecule has 13 nitrogen and oxygen atoms in total. The van der Waals surface area contributed by atoms with Gasteiger partial charge in [-0.15, -0.1) is 0 Å². The molecule has 0 amide bonds. The molecule has 2 rings (SSSR count). The van der Waals surface area contributed by atoms with Crippen LogP contribution in [0.3, 0.4) is 0 Å². The zero-order valence-electron chi connectivity index (χ0n) is 16.4. The summed E-state index contributed by atoms with van der Waals surface area (Å²) in [4.78, 5) is 34.7. The van der Waals surface area contributed by atoms with E-state index in [1.165, 1.54) is 16.8 Å². The first-order chi connectivity index (χ1) is 13.3. The Balaban J connectivity index is 1.83. The summed E-state index contributed by atoms with van der Waals surface area (Å²) in [5.41, 5.74) is 4.86. The van der Waals surface area contributed by atoms with Crippen molar-refractivity contribution in [3.05, 3.63) is 22.7 Å². The lowest BCUT2D eigenvalue weighted by Crippen LogP contribution is -2.37. The summed E-state index contributed by atoms with van der Waals surface area (Å²) >= 11 is 0. The molecule has 1 fully saturated rings. The molecule has 2 unspecified atom stereocenters. The minimum atomic E-state index is -4.88. The summed E-state index contributed by atoms with van der Waals surface area (Å²) in [5.74, 6) is 0.0830. The van der Waals surface area contributed by atoms with Crippen molar-refractivity contribution in [2.45, 2.75) is 25.2 Å². The number of likely N-dealkylation sites (N-methyl/N-ethyl adjacent to an activating group) is 1. The number of phosphoric ester groups is 2. The molecule has 2 heterocycles. The van der Waals surface area contributed by atoms with E-state index in [1.54, 1.807) is 0 Å². The minimum absolute atomic E-state index is 0.0830. The number of hydrogen-bond acceptors (Lipinski definition) is 9. The molecule has 1 aliphatic rings. The number of anilines is 1. The molecule has 0 radical (unpaired) electrons. The zero-order valence-corrected chi connectivity index (χ0v) is 18.2. The smallest absolute Gasteiger partial charge is 0.383 e. The SMILES string of the molecule is C[N+](C)(C)CCOP(=O)(O)OP(=O)(O)OC[C@@H]1CC[C@H](n2ccc(N)nc2=O)O1. The average Bonchev–Trinajstić information content (AvgIpc) is 2.99. The summed E-state index contributed by atoms with van der Waals surface area (Å²) in [6, 6.07) is 1.45. The Labute approximate surface area is 167 Å². The van der Waals surface area contributed by atoms with Crippen LogP contribution in [0.2, 0.25) is 0 Å². The van der Waals surface area contributed by atoms with E-state index in [-0.39, 0.29) is 19.0 Å². The fourth-order valence-electron chi connectivity index (χ4n) is 2.44. The van der Waals surface area contributed by atoms with Gasteiger partial charge < -0.3 is 24.7 Å². The molecule has 15 heteroatoms. The molecule has 1 aliphatic heterocycles. The zero-order chi connectivity index (χ0) is 21.9. The summed E-state index contributed by atoms with van der Waals surface area (Å²) < 4.78 is 44.8. The lowest BCUT2D eigenvalue weighted by molar-refractivity contribution is -0.870. The van der Waals surface area contributed by atoms with Crippen LogP contribution < -0.4 is 11.4 Å². The molecule has 0 bridgehead atoms. The molecule has 1 aromatic heterocycles. The molecule has 1 aromatic rings. The second-order valence-corrected chi connectivity index (χ2v) is 10.5. The van der Waals surface area contributed by atoms with Crippen LogP contribution in [0.25, 0.3) is 0 Å². The lowest BCUT2D eigenvalue weighted by atomic mass is 10.2. The van der Waals surface area contributed by atoms with E-state index in [0.29, 0.717) is 23.9 Å². The van der Waals surface area contributed by atoms with Gasteiger partial charge in [-0.05, 0) is 18.9 Å². The van der Waals surface area contributed by atoms with Gasteiger partial charge in [0.15, 0.2) is 0 Å². The van der Waals surface area contributed by atoms with Crippen LogP contribution in [0.1, 0.15) is 19.1 Å². The number of nitrogens with zero attached hydrogens (tertiary/aromatic N) is 3. The van der Waals surface area contributed by atoms with Crippen LogP contribution in [0.4, 0.5) is 5.82 Å². The van der Waals surface area contributed by atoms with Crippen molar-refractivity contribution in [1.82, 2.24) is 9.55 Å². The highest BCUT2D eigenvalue weighted by Crippen LogP contribution is 2.60. The van der Waals surface area contributed by atoms with Crippen molar-refractivity contribution in [1.29, 1.82) is 0 Å².